The van der Waals surface area contributed by atoms with Crippen molar-refractivity contribution in [2.75, 3.05) is 18.6 Å². The lowest BCUT2D eigenvalue weighted by Crippen LogP contribution is -2.31. The van der Waals surface area contributed by atoms with Gasteiger partial charge in [-0.15, -0.1) is 0 Å². The summed E-state index contributed by atoms with van der Waals surface area (Å²) in [5.41, 5.74) is 19.6. The summed E-state index contributed by atoms with van der Waals surface area (Å²) < 4.78 is 0. The van der Waals surface area contributed by atoms with E-state index in [4.69, 9.17) is 32.5 Å². The minimum atomic E-state index is -1.11. The van der Waals surface area contributed by atoms with Gasteiger partial charge in [0.1, 0.15) is 12.1 Å². The van der Waals surface area contributed by atoms with Crippen LogP contribution in [0, 0.1) is 0 Å². The van der Waals surface area contributed by atoms with Crippen molar-refractivity contribution in [2.45, 2.75) is 31.3 Å². The molecule has 24 heavy (non-hydrogen) atoms. The third kappa shape index (κ3) is 25.1. The molecule has 12 heteroatoms. The van der Waals surface area contributed by atoms with Gasteiger partial charge in [0.15, 0.2) is 0 Å². The van der Waals surface area contributed by atoms with E-state index in [1.807, 2.05) is 6.26 Å². The van der Waals surface area contributed by atoms with Gasteiger partial charge in [-0.2, -0.15) is 11.8 Å². The molecule has 0 aliphatic rings. The first kappa shape index (κ1) is 27.0. The summed E-state index contributed by atoms with van der Waals surface area (Å²) in [5.74, 6) is -2.71. The van der Waals surface area contributed by atoms with Crippen LogP contribution >= 0.6 is 11.8 Å². The van der Waals surface area contributed by atoms with Gasteiger partial charge < -0.3 is 38.3 Å². The number of carbonyl (C=O) groups excluding carboxylic acids is 1. The van der Waals surface area contributed by atoms with Gasteiger partial charge in [0.2, 0.25) is 5.91 Å². The molecule has 0 radical (unpaired) electrons. The van der Waals surface area contributed by atoms with Gasteiger partial charge in [-0.1, -0.05) is 0 Å². The Bertz CT molecular complexity index is 396. The molecule has 0 saturated heterocycles. The highest BCUT2D eigenvalue weighted by Crippen LogP contribution is 1.97. The zero-order chi connectivity index (χ0) is 19.7. The van der Waals surface area contributed by atoms with Crippen LogP contribution in [0.25, 0.3) is 0 Å². The number of nitrogens with two attached hydrogens (primary N) is 4. The van der Waals surface area contributed by atoms with E-state index in [2.05, 4.69) is 5.73 Å². The summed E-state index contributed by atoms with van der Waals surface area (Å²) in [7, 11) is 0. The zero-order valence-electron chi connectivity index (χ0n) is 13.4. The summed E-state index contributed by atoms with van der Waals surface area (Å²) in [6.45, 7) is -0.278. The van der Waals surface area contributed by atoms with Crippen LogP contribution < -0.4 is 22.9 Å². The molecule has 0 aliphatic carbocycles. The van der Waals surface area contributed by atoms with Crippen LogP contribution in [0.4, 0.5) is 0 Å². The van der Waals surface area contributed by atoms with Crippen molar-refractivity contribution < 1.29 is 34.5 Å². The van der Waals surface area contributed by atoms with Crippen LogP contribution in [-0.2, 0) is 19.2 Å². The molecule has 1 amide bonds. The molecule has 2 atom stereocenters. The highest BCUT2D eigenvalue weighted by molar-refractivity contribution is 7.98. The first-order chi connectivity index (χ1) is 11.0. The highest BCUT2D eigenvalue weighted by atomic mass is 32.2. The molecule has 0 rings (SSSR count). The third-order valence-electron chi connectivity index (χ3n) is 2.14. The highest BCUT2D eigenvalue weighted by Gasteiger charge is 2.11. The van der Waals surface area contributed by atoms with Crippen LogP contribution in [-0.4, -0.2) is 69.8 Å². The maximum Gasteiger partial charge on any atom is 0.320 e. The van der Waals surface area contributed by atoms with Crippen LogP contribution in [0.5, 0.6) is 0 Å². The minimum absolute atomic E-state index is 0.0213. The van der Waals surface area contributed by atoms with Gasteiger partial charge >= 0.3 is 17.9 Å². The van der Waals surface area contributed by atoms with E-state index in [-0.39, 0.29) is 19.4 Å². The van der Waals surface area contributed by atoms with Crippen LogP contribution in [0.2, 0.25) is 0 Å². The zero-order valence-corrected chi connectivity index (χ0v) is 14.2. The average molecular weight is 370 g/mol. The maximum atomic E-state index is 10.1. The number of thioether (sulfide) groups is 1. The van der Waals surface area contributed by atoms with E-state index in [9.17, 15) is 19.2 Å². The van der Waals surface area contributed by atoms with E-state index in [0.717, 1.165) is 5.75 Å². The number of primary amides is 1. The second-order valence-electron chi connectivity index (χ2n) is 4.27. The van der Waals surface area contributed by atoms with Crippen LogP contribution in [0.1, 0.15) is 19.3 Å². The van der Waals surface area contributed by atoms with E-state index < -0.39 is 35.9 Å². The van der Waals surface area contributed by atoms with Gasteiger partial charge in [0.25, 0.3) is 0 Å². The van der Waals surface area contributed by atoms with E-state index in [1.165, 1.54) is 0 Å². The van der Waals surface area contributed by atoms with E-state index in [1.54, 1.807) is 11.8 Å². The standard InChI is InChI=1S/C5H10N2O3.C5H11NO2S.C2H5NO2/c6-3(5(9)10)1-2-4(7)8;1-9-3-2-4(6)5(7)8;3-1-2(4)5/h3H,1-2,6H2,(H2,7,8)(H,9,10);4H,2-3,6H2,1H3,(H,7,8);1,3H2,(H,4,5). The Hall–Kier alpha value is -1.89. The lowest BCUT2D eigenvalue weighted by Gasteiger charge is -2.02. The van der Waals surface area contributed by atoms with Gasteiger partial charge in [-0.25, -0.2) is 0 Å². The lowest BCUT2D eigenvalue weighted by molar-refractivity contribution is -0.139. The number of hydrogen-bond acceptors (Lipinski definition) is 8. The van der Waals surface area contributed by atoms with Crippen molar-refractivity contribution >= 4 is 35.6 Å². The Balaban J connectivity index is -0.000000291. The average Bonchev–Trinajstić information content (AvgIpc) is 2.50. The molecule has 11 nitrogen and oxygen atoms in total. The smallest absolute Gasteiger partial charge is 0.320 e. The van der Waals surface area contributed by atoms with E-state index in [0.29, 0.717) is 6.42 Å². The quantitative estimate of drug-likeness (QED) is 0.231. The van der Waals surface area contributed by atoms with E-state index >= 15 is 0 Å². The van der Waals surface area contributed by atoms with Crippen molar-refractivity contribution in [3.05, 3.63) is 0 Å². The van der Waals surface area contributed by atoms with Crippen LogP contribution in [0.3, 0.4) is 0 Å². The SMILES string of the molecule is CSCCC(N)C(=O)O.NC(=O)CCC(N)C(=O)O.NCC(=O)O. The maximum absolute atomic E-state index is 10.1. The Labute approximate surface area is 143 Å². The summed E-state index contributed by atoms with van der Waals surface area (Å²) in [4.78, 5) is 39.4. The Morgan fingerprint density at radius 1 is 0.958 bits per heavy atom. The first-order valence-electron chi connectivity index (χ1n) is 6.65. The molecule has 0 aromatic heterocycles. The number of rotatable bonds is 9. The molecular formula is C12H26N4O7S. The summed E-state index contributed by atoms with van der Waals surface area (Å²) >= 11 is 1.60. The Morgan fingerprint density at radius 3 is 1.58 bits per heavy atom. The largest absolute Gasteiger partial charge is 0.480 e. The summed E-state index contributed by atoms with van der Waals surface area (Å²) in [5, 5.41) is 24.1. The van der Waals surface area contributed by atoms with Gasteiger partial charge in [0, 0.05) is 6.42 Å². The molecule has 0 aromatic carbocycles. The molecule has 0 aliphatic heterocycles. The number of hydrogen-bond donors (Lipinski definition) is 7. The summed E-state index contributed by atoms with van der Waals surface area (Å²) in [6, 6.07) is -1.66. The first-order valence-corrected chi connectivity index (χ1v) is 8.04. The van der Waals surface area contributed by atoms with Crippen LogP contribution in [0.15, 0.2) is 0 Å². The number of carbonyl (C=O) groups is 4. The molecule has 0 bridgehead atoms. The van der Waals surface area contributed by atoms with Gasteiger partial charge in [-0.3, -0.25) is 19.2 Å². The molecule has 0 aromatic rings. The molecule has 0 saturated carbocycles. The summed E-state index contributed by atoms with van der Waals surface area (Å²) in [6.07, 6.45) is 2.60. The van der Waals surface area contributed by atoms with Crippen molar-refractivity contribution in [3.63, 3.8) is 0 Å². The normalized spacial score (nSPS) is 11.7. The second kappa shape index (κ2) is 17.5. The second-order valence-corrected chi connectivity index (χ2v) is 5.26. The molecule has 0 spiro atoms. The molecular weight excluding hydrogens is 344 g/mol. The number of aliphatic carboxylic acids is 3. The Kier molecular flexibility index (Phi) is 19.6. The molecule has 0 heterocycles. The monoisotopic (exact) mass is 370 g/mol. The van der Waals surface area contributed by atoms with Crippen molar-refractivity contribution in [2.24, 2.45) is 22.9 Å². The molecule has 0 fully saturated rings. The number of carboxylic acid groups (broad SMARTS) is 3. The Morgan fingerprint density at radius 2 is 1.33 bits per heavy atom. The minimum Gasteiger partial charge on any atom is -0.480 e. The number of carboxylic acids is 3. The molecule has 11 N–H and O–H groups in total. The fraction of sp³-hybridized carbons (Fsp3) is 0.667. The van der Waals surface area contributed by atoms with Crippen molar-refractivity contribution in [1.29, 1.82) is 0 Å². The third-order valence-corrected chi connectivity index (χ3v) is 2.79. The lowest BCUT2D eigenvalue weighted by atomic mass is 10.2. The molecule has 2 unspecified atom stereocenters. The number of amides is 1. The van der Waals surface area contributed by atoms with Crippen molar-refractivity contribution in [1.82, 2.24) is 0 Å². The fourth-order valence-corrected chi connectivity index (χ4v) is 1.28. The van der Waals surface area contributed by atoms with Gasteiger partial charge in [0.05, 0.1) is 6.54 Å². The van der Waals surface area contributed by atoms with Crippen molar-refractivity contribution in [3.8, 4) is 0 Å². The topological polar surface area (TPSA) is 233 Å². The van der Waals surface area contributed by atoms with Gasteiger partial charge in [-0.05, 0) is 24.9 Å². The fourth-order valence-electron chi connectivity index (χ4n) is 0.790. The predicted molar refractivity (Wildman–Crippen MR) is 89.3 cm³/mol. The predicted octanol–water partition coefficient (Wildman–Crippen LogP) is -2.16. The molecule has 142 valence electrons.